The van der Waals surface area contributed by atoms with Crippen LogP contribution in [-0.4, -0.2) is 35.9 Å². The molecule has 0 saturated carbocycles. The first kappa shape index (κ1) is 20.2. The summed E-state index contributed by atoms with van der Waals surface area (Å²) >= 11 is 0. The fourth-order valence-electron chi connectivity index (χ4n) is 2.87. The molecule has 0 bridgehead atoms. The van der Waals surface area contributed by atoms with E-state index in [0.29, 0.717) is 34.0 Å². The van der Waals surface area contributed by atoms with Gasteiger partial charge in [0.1, 0.15) is 18.1 Å². The summed E-state index contributed by atoms with van der Waals surface area (Å²) in [5.74, 6) is 1.09. The van der Waals surface area contributed by atoms with E-state index in [4.69, 9.17) is 14.2 Å². The van der Waals surface area contributed by atoms with Gasteiger partial charge in [0.05, 0.1) is 23.8 Å². The van der Waals surface area contributed by atoms with Gasteiger partial charge in [0, 0.05) is 27.3 Å². The summed E-state index contributed by atoms with van der Waals surface area (Å²) in [7, 11) is 5.98. The molecule has 0 fully saturated rings. The quantitative estimate of drug-likeness (QED) is 0.632. The maximum Gasteiger partial charge on any atom is 0.316 e. The lowest BCUT2D eigenvalue weighted by atomic mass is 10.2. The van der Waals surface area contributed by atoms with Crippen LogP contribution < -0.4 is 25.9 Å². The highest BCUT2D eigenvalue weighted by Crippen LogP contribution is 2.33. The minimum atomic E-state index is -0.669. The summed E-state index contributed by atoms with van der Waals surface area (Å²) in [6.45, 7) is -0.147. The highest BCUT2D eigenvalue weighted by Gasteiger charge is 2.16. The third kappa shape index (κ3) is 3.99. The van der Waals surface area contributed by atoms with E-state index in [1.807, 2.05) is 0 Å². The number of hydrogen-bond donors (Lipinski definition) is 1. The van der Waals surface area contributed by atoms with E-state index < -0.39 is 11.1 Å². The third-order valence-electron chi connectivity index (χ3n) is 4.43. The van der Waals surface area contributed by atoms with Crippen molar-refractivity contribution in [3.63, 3.8) is 0 Å². The smallest absolute Gasteiger partial charge is 0.316 e. The van der Waals surface area contributed by atoms with Gasteiger partial charge in [-0.15, -0.1) is 0 Å². The molecule has 0 unspecified atom stereocenters. The van der Waals surface area contributed by atoms with Gasteiger partial charge >= 0.3 is 11.1 Å². The number of benzene rings is 2. The number of aromatic nitrogens is 2. The Labute approximate surface area is 166 Å². The zero-order valence-electron chi connectivity index (χ0n) is 16.5. The van der Waals surface area contributed by atoms with Crippen LogP contribution in [0.3, 0.4) is 0 Å². The Kier molecular flexibility index (Phi) is 5.69. The summed E-state index contributed by atoms with van der Waals surface area (Å²) < 4.78 is 18.4. The molecular formula is C20H21N3O6. The molecule has 1 aromatic heterocycles. The highest BCUT2D eigenvalue weighted by molar-refractivity contribution is 5.96. The van der Waals surface area contributed by atoms with Crippen molar-refractivity contribution in [2.45, 2.75) is 0 Å². The monoisotopic (exact) mass is 399 g/mol. The molecule has 0 saturated heterocycles. The van der Waals surface area contributed by atoms with Crippen molar-refractivity contribution in [1.82, 2.24) is 9.13 Å². The molecule has 1 heterocycles. The van der Waals surface area contributed by atoms with Crippen molar-refractivity contribution >= 4 is 22.6 Å². The van der Waals surface area contributed by atoms with Gasteiger partial charge in [-0.3, -0.25) is 14.4 Å². The second-order valence-electron chi connectivity index (χ2n) is 6.32. The number of nitrogens with one attached hydrogen (secondary N) is 1. The summed E-state index contributed by atoms with van der Waals surface area (Å²) in [5, 5.41) is 2.71. The zero-order chi connectivity index (χ0) is 21.1. The lowest BCUT2D eigenvalue weighted by molar-refractivity contribution is -0.119. The first-order chi connectivity index (χ1) is 13.8. The molecule has 9 nitrogen and oxygen atoms in total. The van der Waals surface area contributed by atoms with Crippen molar-refractivity contribution in [3.8, 4) is 17.2 Å². The second kappa shape index (κ2) is 8.19. The van der Waals surface area contributed by atoms with E-state index in [1.165, 1.54) is 30.3 Å². The molecule has 0 aliphatic rings. The Bertz CT molecular complexity index is 1180. The first-order valence-corrected chi connectivity index (χ1v) is 8.70. The van der Waals surface area contributed by atoms with E-state index >= 15 is 0 Å². The van der Waals surface area contributed by atoms with Crippen molar-refractivity contribution in [1.29, 1.82) is 0 Å². The van der Waals surface area contributed by atoms with Crippen molar-refractivity contribution in [2.75, 3.05) is 26.1 Å². The zero-order valence-corrected chi connectivity index (χ0v) is 16.5. The first-order valence-electron chi connectivity index (χ1n) is 8.70. The molecular weight excluding hydrogens is 378 g/mol. The van der Waals surface area contributed by atoms with Gasteiger partial charge in [0.15, 0.2) is 5.75 Å². The topological polar surface area (TPSA) is 101 Å². The molecule has 0 atom stereocenters. The van der Waals surface area contributed by atoms with Crippen LogP contribution in [0.4, 0.5) is 5.69 Å². The number of nitrogens with zero attached hydrogens (tertiary/aromatic N) is 2. The van der Waals surface area contributed by atoms with Gasteiger partial charge in [-0.2, -0.15) is 0 Å². The molecule has 2 aromatic carbocycles. The predicted octanol–water partition coefficient (Wildman–Crippen LogP) is 1.62. The maximum absolute atomic E-state index is 12.2. The molecule has 0 spiro atoms. The summed E-state index contributed by atoms with van der Waals surface area (Å²) in [6.07, 6.45) is 0. The molecule has 0 aliphatic heterocycles. The number of rotatable bonds is 6. The normalized spacial score (nSPS) is 10.8. The van der Waals surface area contributed by atoms with Crippen LogP contribution >= 0.6 is 0 Å². The Balaban J connectivity index is 2.17. The number of methoxy groups -OCH3 is 2. The summed E-state index contributed by atoms with van der Waals surface area (Å²) in [5.41, 5.74) is -0.0502. The average molecular weight is 399 g/mol. The molecule has 0 radical (unpaired) electrons. The lowest BCUT2D eigenvalue weighted by Gasteiger charge is -2.16. The van der Waals surface area contributed by atoms with Crippen molar-refractivity contribution in [2.24, 2.45) is 14.1 Å². The van der Waals surface area contributed by atoms with E-state index in [2.05, 4.69) is 5.32 Å². The number of aryl methyl sites for hydroxylation is 2. The highest BCUT2D eigenvalue weighted by atomic mass is 16.5. The standard InChI is InChI=1S/C20H21N3O6/c1-22-15-9-14(21-18(24)11-27-3)17(10-16(15)23(2)20(26)19(22)25)29-13-7-5-12(28-4)6-8-13/h5-10H,11H2,1-4H3,(H,21,24). The number of amides is 1. The van der Waals surface area contributed by atoms with E-state index in [1.54, 1.807) is 43.5 Å². The number of hydrogen-bond acceptors (Lipinski definition) is 6. The molecule has 29 heavy (non-hydrogen) atoms. The number of ether oxygens (including phenoxy) is 3. The van der Waals surface area contributed by atoms with Gasteiger partial charge in [-0.05, 0) is 30.3 Å². The average Bonchev–Trinajstić information content (AvgIpc) is 2.72. The molecule has 3 rings (SSSR count). The van der Waals surface area contributed by atoms with E-state index in [0.717, 1.165) is 0 Å². The van der Waals surface area contributed by atoms with Gasteiger partial charge in [-0.25, -0.2) is 0 Å². The SMILES string of the molecule is COCC(=O)Nc1cc2c(cc1Oc1ccc(OC)cc1)n(C)c(=O)c(=O)n2C. The maximum atomic E-state index is 12.2. The van der Waals surface area contributed by atoms with Gasteiger partial charge in [0.2, 0.25) is 5.91 Å². The van der Waals surface area contributed by atoms with Crippen LogP contribution in [0.15, 0.2) is 46.0 Å². The van der Waals surface area contributed by atoms with Gasteiger partial charge in [-0.1, -0.05) is 0 Å². The number of carbonyl (C=O) groups excluding carboxylic acids is 1. The van der Waals surface area contributed by atoms with E-state index in [-0.39, 0.29) is 12.5 Å². The second-order valence-corrected chi connectivity index (χ2v) is 6.32. The molecule has 0 aliphatic carbocycles. The van der Waals surface area contributed by atoms with Gasteiger partial charge in [0.25, 0.3) is 0 Å². The van der Waals surface area contributed by atoms with Crippen LogP contribution in [-0.2, 0) is 23.6 Å². The minimum Gasteiger partial charge on any atom is -0.497 e. The van der Waals surface area contributed by atoms with Crippen LogP contribution in [0.1, 0.15) is 0 Å². The minimum absolute atomic E-state index is 0.147. The lowest BCUT2D eigenvalue weighted by Crippen LogP contribution is -2.39. The Morgan fingerprint density at radius 2 is 1.48 bits per heavy atom. The third-order valence-corrected chi connectivity index (χ3v) is 4.43. The van der Waals surface area contributed by atoms with E-state index in [9.17, 15) is 14.4 Å². The molecule has 9 heteroatoms. The van der Waals surface area contributed by atoms with Crippen LogP contribution in [0.5, 0.6) is 17.2 Å². The summed E-state index contributed by atoms with van der Waals surface area (Å²) in [4.78, 5) is 36.4. The Morgan fingerprint density at radius 1 is 0.931 bits per heavy atom. The van der Waals surface area contributed by atoms with Crippen LogP contribution in [0.2, 0.25) is 0 Å². The number of anilines is 1. The predicted molar refractivity (Wildman–Crippen MR) is 108 cm³/mol. The molecule has 3 aromatic rings. The van der Waals surface area contributed by atoms with Gasteiger partial charge < -0.3 is 28.7 Å². The molecule has 1 amide bonds. The van der Waals surface area contributed by atoms with Crippen LogP contribution in [0, 0.1) is 0 Å². The fraction of sp³-hybridized carbons (Fsp3) is 0.250. The van der Waals surface area contributed by atoms with Crippen LogP contribution in [0.25, 0.3) is 11.0 Å². The molecule has 152 valence electrons. The number of fused-ring (bicyclic) bond motifs is 1. The Hall–Kier alpha value is -3.59. The fourth-order valence-corrected chi connectivity index (χ4v) is 2.87. The summed E-state index contributed by atoms with van der Waals surface area (Å²) in [6, 6.07) is 10.1. The van der Waals surface area contributed by atoms with Crippen molar-refractivity contribution in [3.05, 3.63) is 57.1 Å². The largest absolute Gasteiger partial charge is 0.497 e. The van der Waals surface area contributed by atoms with Crippen molar-refractivity contribution < 1.29 is 19.0 Å². The molecule has 1 N–H and O–H groups in total. The number of carbonyl (C=O) groups is 1. The Morgan fingerprint density at radius 3 is 2.03 bits per heavy atom.